The van der Waals surface area contributed by atoms with Crippen LogP contribution in [0.2, 0.25) is 0 Å². The van der Waals surface area contributed by atoms with Gasteiger partial charge in [-0.2, -0.15) is 0 Å². The highest BCUT2D eigenvalue weighted by molar-refractivity contribution is 6.13. The number of hydrogen-bond acceptors (Lipinski definition) is 4. The lowest BCUT2D eigenvalue weighted by molar-refractivity contribution is 0.446. The third kappa shape index (κ3) is 6.58. The fourth-order valence-corrected chi connectivity index (χ4v) is 8.73. The van der Waals surface area contributed by atoms with E-state index in [-0.39, 0.29) is 16.6 Å². The van der Waals surface area contributed by atoms with Gasteiger partial charge in [-0.25, -0.2) is 4.98 Å². The van der Waals surface area contributed by atoms with Crippen LogP contribution in [0.3, 0.4) is 0 Å². The van der Waals surface area contributed by atoms with E-state index in [1.54, 1.807) is 0 Å². The molecular weight excluding hydrogens is 747 g/mol. The summed E-state index contributed by atoms with van der Waals surface area (Å²) in [4.78, 5) is 10.5. The Morgan fingerprint density at radius 1 is 0.525 bits per heavy atom. The molecule has 10 aromatic rings. The van der Waals surface area contributed by atoms with E-state index in [1.807, 2.05) is 36.5 Å². The summed E-state index contributed by atoms with van der Waals surface area (Å²) in [5.74, 6) is 0.882. The maximum Gasteiger partial charge on any atom is 0.149 e. The molecule has 0 bridgehead atoms. The van der Waals surface area contributed by atoms with Crippen molar-refractivity contribution in [3.8, 4) is 67.5 Å². The van der Waals surface area contributed by atoms with E-state index < -0.39 is 0 Å². The van der Waals surface area contributed by atoms with Crippen LogP contribution in [0.25, 0.3) is 94.7 Å². The van der Waals surface area contributed by atoms with Gasteiger partial charge >= 0.3 is 0 Å². The first-order valence-corrected chi connectivity index (χ1v) is 21.0. The van der Waals surface area contributed by atoms with E-state index in [0.717, 1.165) is 94.4 Å². The largest absolute Gasteiger partial charge is 0.507 e. The predicted octanol–water partition coefficient (Wildman–Crippen LogP) is 15.0. The molecule has 0 saturated carbocycles. The quantitative estimate of drug-likeness (QED) is 0.182. The zero-order chi connectivity index (χ0) is 42.0. The molecule has 298 valence electrons. The summed E-state index contributed by atoms with van der Waals surface area (Å²) in [5.41, 5.74) is 14.3. The normalized spacial score (nSPS) is 12.2. The number of imidazole rings is 1. The van der Waals surface area contributed by atoms with Crippen molar-refractivity contribution in [3.63, 3.8) is 0 Å². The first kappa shape index (κ1) is 38.0. The van der Waals surface area contributed by atoms with Crippen molar-refractivity contribution in [2.24, 2.45) is 0 Å². The molecule has 3 heterocycles. The van der Waals surface area contributed by atoms with Crippen LogP contribution in [0.5, 0.6) is 5.75 Å². The molecule has 0 radical (unpaired) electrons. The van der Waals surface area contributed by atoms with Crippen LogP contribution in [0, 0.1) is 0 Å². The summed E-state index contributed by atoms with van der Waals surface area (Å²) in [6, 6.07) is 56.9. The van der Waals surface area contributed by atoms with Gasteiger partial charge in [-0.1, -0.05) is 163 Å². The van der Waals surface area contributed by atoms with Gasteiger partial charge in [-0.3, -0.25) is 9.55 Å². The number of hydrogen-bond donors (Lipinski definition) is 1. The van der Waals surface area contributed by atoms with Crippen molar-refractivity contribution in [1.29, 1.82) is 0 Å². The second kappa shape index (κ2) is 14.5. The molecule has 7 aromatic carbocycles. The van der Waals surface area contributed by atoms with Crippen molar-refractivity contribution in [2.45, 2.75) is 52.4 Å². The number of fused-ring (bicyclic) bond motifs is 4. The highest BCUT2D eigenvalue weighted by Gasteiger charge is 2.30. The molecule has 1 N–H and O–H groups in total. The van der Waals surface area contributed by atoms with Crippen LogP contribution >= 0.6 is 0 Å². The third-order valence-electron chi connectivity index (χ3n) is 11.9. The van der Waals surface area contributed by atoms with Gasteiger partial charge in [0.05, 0.1) is 28.0 Å². The molecule has 0 aliphatic carbocycles. The topological polar surface area (TPSA) is 64.1 Å². The second-order valence-electron chi connectivity index (χ2n) is 18.0. The lowest BCUT2D eigenvalue weighted by Crippen LogP contribution is -2.17. The molecule has 5 heteroatoms. The Labute approximate surface area is 356 Å². The van der Waals surface area contributed by atoms with Crippen molar-refractivity contribution in [3.05, 3.63) is 181 Å². The Bertz CT molecular complexity index is 3200. The summed E-state index contributed by atoms with van der Waals surface area (Å²) < 4.78 is 9.06. The maximum atomic E-state index is 12.6. The highest BCUT2D eigenvalue weighted by Crippen LogP contribution is 2.48. The molecule has 5 nitrogen and oxygen atoms in total. The van der Waals surface area contributed by atoms with Crippen molar-refractivity contribution >= 4 is 33.0 Å². The van der Waals surface area contributed by atoms with Gasteiger partial charge in [-0.15, -0.1) is 0 Å². The van der Waals surface area contributed by atoms with Gasteiger partial charge in [0.1, 0.15) is 22.7 Å². The van der Waals surface area contributed by atoms with Gasteiger partial charge in [0.15, 0.2) is 0 Å². The summed E-state index contributed by atoms with van der Waals surface area (Å²) in [6.45, 7) is 13.1. The number of benzene rings is 7. The number of phenols is 1. The van der Waals surface area contributed by atoms with E-state index in [2.05, 4.69) is 180 Å². The number of furan rings is 1. The standard InChI is InChI=1S/C56H47N3O2/c1-55(2,3)38-33-45(52(60)46(34-38)56(4,5)6)54-58-50-42(44-32-37(47-27-15-16-30-57-47)31-43-41-23-13-14-29-49(41)61-53(43)44)26-18-28-48(50)59(54)51-39(35-19-9-7-10-20-35)24-17-25-40(51)36-21-11-8-12-22-36/h7-34,60H,1-6H3. The Balaban J connectivity index is 1.38. The fraction of sp³-hybridized carbons (Fsp3) is 0.143. The van der Waals surface area contributed by atoms with Crippen molar-refractivity contribution < 1.29 is 9.52 Å². The third-order valence-corrected chi connectivity index (χ3v) is 11.9. The molecule has 61 heavy (non-hydrogen) atoms. The van der Waals surface area contributed by atoms with Crippen LogP contribution in [-0.2, 0) is 10.8 Å². The van der Waals surface area contributed by atoms with E-state index in [4.69, 9.17) is 14.4 Å². The number of pyridine rings is 1. The van der Waals surface area contributed by atoms with E-state index in [9.17, 15) is 5.11 Å². The monoisotopic (exact) mass is 793 g/mol. The van der Waals surface area contributed by atoms with Crippen LogP contribution in [0.4, 0.5) is 0 Å². The first-order valence-electron chi connectivity index (χ1n) is 21.0. The molecular formula is C56H47N3O2. The second-order valence-corrected chi connectivity index (χ2v) is 18.0. The Hall–Kier alpha value is -7.24. The minimum atomic E-state index is -0.349. The smallest absolute Gasteiger partial charge is 0.149 e. The highest BCUT2D eigenvalue weighted by atomic mass is 16.3. The number of aromatic hydroxyl groups is 1. The minimum Gasteiger partial charge on any atom is -0.507 e. The molecule has 0 aliphatic heterocycles. The number of rotatable bonds is 6. The number of phenolic OH excluding ortho intramolecular Hbond substituents is 1. The average Bonchev–Trinajstić information content (AvgIpc) is 3.85. The van der Waals surface area contributed by atoms with E-state index >= 15 is 0 Å². The molecule has 0 fully saturated rings. The van der Waals surface area contributed by atoms with Gasteiger partial charge in [0.25, 0.3) is 0 Å². The molecule has 0 amide bonds. The number of nitrogens with zero attached hydrogens (tertiary/aromatic N) is 3. The Morgan fingerprint density at radius 2 is 1.16 bits per heavy atom. The molecule has 0 saturated heterocycles. The fourth-order valence-electron chi connectivity index (χ4n) is 8.73. The molecule has 10 rings (SSSR count). The average molecular weight is 794 g/mol. The van der Waals surface area contributed by atoms with Gasteiger partial charge < -0.3 is 9.52 Å². The minimum absolute atomic E-state index is 0.208. The molecule has 0 aliphatic rings. The zero-order valence-corrected chi connectivity index (χ0v) is 35.4. The maximum absolute atomic E-state index is 12.6. The van der Waals surface area contributed by atoms with Crippen LogP contribution < -0.4 is 0 Å². The first-order chi connectivity index (χ1) is 29.5. The molecule has 0 unspecified atom stereocenters. The predicted molar refractivity (Wildman–Crippen MR) is 252 cm³/mol. The van der Waals surface area contributed by atoms with Crippen LogP contribution in [-0.4, -0.2) is 19.6 Å². The Kier molecular flexibility index (Phi) is 9.03. The van der Waals surface area contributed by atoms with Crippen LogP contribution in [0.15, 0.2) is 174 Å². The number of para-hydroxylation sites is 3. The lowest BCUT2D eigenvalue weighted by atomic mass is 9.79. The summed E-state index contributed by atoms with van der Waals surface area (Å²) in [7, 11) is 0. The molecule has 0 spiro atoms. The zero-order valence-electron chi connectivity index (χ0n) is 35.4. The number of aromatic nitrogens is 3. The summed E-state index contributed by atoms with van der Waals surface area (Å²) in [6.07, 6.45) is 1.83. The summed E-state index contributed by atoms with van der Waals surface area (Å²) >= 11 is 0. The summed E-state index contributed by atoms with van der Waals surface area (Å²) in [5, 5.41) is 14.7. The van der Waals surface area contributed by atoms with E-state index in [0.29, 0.717) is 11.4 Å². The van der Waals surface area contributed by atoms with Gasteiger partial charge in [0.2, 0.25) is 0 Å². The van der Waals surface area contributed by atoms with Crippen molar-refractivity contribution in [1.82, 2.24) is 14.5 Å². The van der Waals surface area contributed by atoms with E-state index in [1.165, 1.54) is 0 Å². The van der Waals surface area contributed by atoms with Crippen molar-refractivity contribution in [2.75, 3.05) is 0 Å². The van der Waals surface area contributed by atoms with Crippen LogP contribution in [0.1, 0.15) is 52.7 Å². The van der Waals surface area contributed by atoms with Gasteiger partial charge in [0, 0.05) is 50.4 Å². The molecule has 0 atom stereocenters. The molecule has 3 aromatic heterocycles. The van der Waals surface area contributed by atoms with Gasteiger partial charge in [-0.05, 0) is 70.0 Å². The lowest BCUT2D eigenvalue weighted by Gasteiger charge is -2.28. The Morgan fingerprint density at radius 3 is 1.82 bits per heavy atom. The SMILES string of the molecule is CC(C)(C)c1cc(-c2nc3c(-c4cc(-c5ccccn5)cc5c4oc4ccccc45)cccc3n2-c2c(-c3ccccc3)cccc2-c2ccccc2)c(O)c(C(C)(C)C)c1.